The van der Waals surface area contributed by atoms with Crippen LogP contribution in [0.4, 0.5) is 5.69 Å². The van der Waals surface area contributed by atoms with E-state index in [1.165, 1.54) is 12.8 Å². The van der Waals surface area contributed by atoms with Crippen molar-refractivity contribution in [3.05, 3.63) is 40.9 Å². The molecule has 4 heteroatoms. The fraction of sp³-hybridized carbons (Fsp3) is 0.400. The summed E-state index contributed by atoms with van der Waals surface area (Å²) < 4.78 is 0. The highest BCUT2D eigenvalue weighted by molar-refractivity contribution is 8.01. The topological polar surface area (TPSA) is 46.3 Å². The number of anilines is 1. The molecule has 0 aromatic heterocycles. The van der Waals surface area contributed by atoms with Gasteiger partial charge in [-0.15, -0.1) is 0 Å². The number of hydrogen-bond donors (Lipinski definition) is 1. The maximum atomic E-state index is 12.7. The van der Waals surface area contributed by atoms with Crippen LogP contribution >= 0.6 is 0 Å². The summed E-state index contributed by atoms with van der Waals surface area (Å²) in [6.45, 7) is 0.704. The minimum atomic E-state index is 0.0950. The number of nitrogens with two attached hydrogens (primary N) is 1. The summed E-state index contributed by atoms with van der Waals surface area (Å²) in [6.07, 6.45) is 3.27. The van der Waals surface area contributed by atoms with Gasteiger partial charge in [-0.2, -0.15) is 0 Å². The predicted octanol–water partition coefficient (Wildman–Crippen LogP) is 2.01. The second-order valence-corrected chi connectivity index (χ2v) is 7.22. The van der Waals surface area contributed by atoms with Gasteiger partial charge in [0.25, 0.3) is 0 Å². The molecule has 3 nitrogen and oxygen atoms in total. The SMILES string of the molecule is NC1=C([S+]2CCCC2)C(=O)N(c2ccccc2)CC1. The number of nitrogens with zero attached hydrogens (tertiary/aromatic N) is 1. The number of carbonyl (C=O) groups is 1. The van der Waals surface area contributed by atoms with Gasteiger partial charge in [-0.25, -0.2) is 0 Å². The second kappa shape index (κ2) is 5.29. The Bertz CT molecular complexity index is 506. The monoisotopic (exact) mass is 275 g/mol. The van der Waals surface area contributed by atoms with Crippen molar-refractivity contribution < 1.29 is 4.79 Å². The summed E-state index contributed by atoms with van der Waals surface area (Å²) in [5, 5.41) is 0. The van der Waals surface area contributed by atoms with Crippen molar-refractivity contribution in [2.45, 2.75) is 19.3 Å². The summed E-state index contributed by atoms with van der Waals surface area (Å²) in [4.78, 5) is 15.5. The predicted molar refractivity (Wildman–Crippen MR) is 81.0 cm³/mol. The van der Waals surface area contributed by atoms with Gasteiger partial charge in [0, 0.05) is 29.5 Å². The summed E-state index contributed by atoms with van der Waals surface area (Å²) >= 11 is 0. The number of benzene rings is 1. The van der Waals surface area contributed by atoms with Crippen molar-refractivity contribution in [2.75, 3.05) is 23.0 Å². The molecule has 1 aromatic rings. The molecule has 0 radical (unpaired) electrons. The highest BCUT2D eigenvalue weighted by atomic mass is 32.2. The largest absolute Gasteiger partial charge is 0.398 e. The number of carbonyl (C=O) groups excluding carboxylic acids is 1. The van der Waals surface area contributed by atoms with Crippen LogP contribution in [0.25, 0.3) is 0 Å². The molecule has 1 amide bonds. The van der Waals surface area contributed by atoms with Crippen molar-refractivity contribution in [1.29, 1.82) is 0 Å². The van der Waals surface area contributed by atoms with Crippen molar-refractivity contribution in [3.63, 3.8) is 0 Å². The fourth-order valence-corrected chi connectivity index (χ4v) is 5.28. The lowest BCUT2D eigenvalue weighted by Gasteiger charge is -2.27. The Morgan fingerprint density at radius 3 is 2.47 bits per heavy atom. The van der Waals surface area contributed by atoms with E-state index in [9.17, 15) is 4.79 Å². The van der Waals surface area contributed by atoms with Crippen molar-refractivity contribution >= 4 is 22.5 Å². The number of para-hydroxylation sites is 1. The van der Waals surface area contributed by atoms with E-state index in [0.717, 1.165) is 34.2 Å². The minimum absolute atomic E-state index is 0.0950. The van der Waals surface area contributed by atoms with Crippen LogP contribution in [0, 0.1) is 0 Å². The smallest absolute Gasteiger partial charge is 0.308 e. The van der Waals surface area contributed by atoms with Crippen LogP contribution in [0.5, 0.6) is 0 Å². The van der Waals surface area contributed by atoms with Crippen LogP contribution in [0.2, 0.25) is 0 Å². The van der Waals surface area contributed by atoms with Crippen LogP contribution in [-0.2, 0) is 15.7 Å². The van der Waals surface area contributed by atoms with Gasteiger partial charge in [0.15, 0.2) is 0 Å². The molecule has 1 fully saturated rings. The number of hydrogen-bond acceptors (Lipinski definition) is 2. The van der Waals surface area contributed by atoms with Crippen LogP contribution in [0.15, 0.2) is 40.9 Å². The summed E-state index contributed by atoms with van der Waals surface area (Å²) in [7, 11) is 0.0950. The molecule has 0 unspecified atom stereocenters. The average molecular weight is 275 g/mol. The molecule has 0 aliphatic carbocycles. The Morgan fingerprint density at radius 1 is 1.11 bits per heavy atom. The van der Waals surface area contributed by atoms with Gasteiger partial charge in [-0.05, 0) is 25.0 Å². The molecule has 0 bridgehead atoms. The molecule has 1 saturated heterocycles. The van der Waals surface area contributed by atoms with E-state index in [0.29, 0.717) is 6.54 Å². The van der Waals surface area contributed by atoms with Crippen LogP contribution < -0.4 is 10.6 Å². The first-order valence-corrected chi connectivity index (χ1v) is 8.36. The molecule has 0 atom stereocenters. The van der Waals surface area contributed by atoms with E-state index in [4.69, 9.17) is 5.73 Å². The van der Waals surface area contributed by atoms with E-state index in [1.54, 1.807) is 0 Å². The third-order valence-corrected chi connectivity index (χ3v) is 6.30. The third kappa shape index (κ3) is 2.37. The van der Waals surface area contributed by atoms with Gasteiger partial charge < -0.3 is 10.6 Å². The van der Waals surface area contributed by atoms with E-state index < -0.39 is 0 Å². The first kappa shape index (κ1) is 12.6. The lowest BCUT2D eigenvalue weighted by Crippen LogP contribution is -2.41. The van der Waals surface area contributed by atoms with Gasteiger partial charge in [-0.1, -0.05) is 18.2 Å². The normalized spacial score (nSPS) is 21.3. The fourth-order valence-electron chi connectivity index (χ4n) is 2.73. The van der Waals surface area contributed by atoms with Gasteiger partial charge in [0.2, 0.25) is 4.91 Å². The molecule has 2 aliphatic rings. The van der Waals surface area contributed by atoms with Crippen LogP contribution in [0.1, 0.15) is 19.3 Å². The van der Waals surface area contributed by atoms with Crippen molar-refractivity contribution in [2.24, 2.45) is 5.73 Å². The zero-order valence-corrected chi connectivity index (χ0v) is 11.8. The minimum Gasteiger partial charge on any atom is -0.398 e. The van der Waals surface area contributed by atoms with Crippen molar-refractivity contribution in [1.82, 2.24) is 0 Å². The zero-order valence-electron chi connectivity index (χ0n) is 11.0. The molecule has 3 rings (SSSR count). The van der Waals surface area contributed by atoms with E-state index in [1.807, 2.05) is 35.2 Å². The van der Waals surface area contributed by atoms with Gasteiger partial charge in [0.1, 0.15) is 11.5 Å². The first-order chi connectivity index (χ1) is 9.27. The first-order valence-electron chi connectivity index (χ1n) is 6.80. The van der Waals surface area contributed by atoms with Gasteiger partial charge in [-0.3, -0.25) is 4.79 Å². The third-order valence-electron chi connectivity index (χ3n) is 3.72. The number of rotatable bonds is 2. The molecular formula is C15H19N2OS+. The summed E-state index contributed by atoms with van der Waals surface area (Å²) in [6, 6.07) is 9.91. The van der Waals surface area contributed by atoms with Gasteiger partial charge in [0.05, 0.1) is 5.70 Å². The average Bonchev–Trinajstić information content (AvgIpc) is 2.94. The van der Waals surface area contributed by atoms with E-state index in [2.05, 4.69) is 0 Å². The Kier molecular flexibility index (Phi) is 3.51. The lowest BCUT2D eigenvalue weighted by molar-refractivity contribution is -0.114. The molecule has 0 spiro atoms. The van der Waals surface area contributed by atoms with Crippen molar-refractivity contribution in [3.8, 4) is 0 Å². The molecule has 100 valence electrons. The van der Waals surface area contributed by atoms with Gasteiger partial charge >= 0.3 is 5.91 Å². The molecule has 0 saturated carbocycles. The maximum Gasteiger partial charge on any atom is 0.308 e. The molecule has 19 heavy (non-hydrogen) atoms. The Balaban J connectivity index is 1.90. The summed E-state index contributed by atoms with van der Waals surface area (Å²) in [5.41, 5.74) is 7.95. The van der Waals surface area contributed by atoms with Crippen LogP contribution in [0.3, 0.4) is 0 Å². The van der Waals surface area contributed by atoms with E-state index in [-0.39, 0.29) is 16.8 Å². The summed E-state index contributed by atoms with van der Waals surface area (Å²) in [5.74, 6) is 2.43. The molecule has 2 heterocycles. The standard InChI is InChI=1S/C15H18N2OS/c16-13-8-9-17(12-6-2-1-3-7-12)15(18)14(13)19-10-4-5-11-19/h1-3,6-7H,4-5,8-11H2,(H-,16,18)/p+1. The zero-order chi connectivity index (χ0) is 13.2. The molecule has 2 N–H and O–H groups in total. The second-order valence-electron chi connectivity index (χ2n) is 5.00. The molecule has 1 aromatic carbocycles. The lowest BCUT2D eigenvalue weighted by atomic mass is 10.1. The Labute approximate surface area is 116 Å². The quantitative estimate of drug-likeness (QED) is 0.839. The number of amides is 1. The maximum absolute atomic E-state index is 12.7. The van der Waals surface area contributed by atoms with E-state index >= 15 is 0 Å². The molecular weight excluding hydrogens is 256 g/mol. The highest BCUT2D eigenvalue weighted by Gasteiger charge is 2.41. The highest BCUT2D eigenvalue weighted by Crippen LogP contribution is 2.30. The molecule has 2 aliphatic heterocycles. The van der Waals surface area contributed by atoms with Crippen LogP contribution in [-0.4, -0.2) is 24.0 Å². The Morgan fingerprint density at radius 2 is 1.79 bits per heavy atom. The Hall–Kier alpha value is -1.42.